The van der Waals surface area contributed by atoms with Crippen molar-refractivity contribution < 1.29 is 9.63 Å². The molecule has 2 heterocycles. The molecule has 3 aromatic rings. The van der Waals surface area contributed by atoms with Crippen LogP contribution in [0, 0.1) is 0 Å². The maximum atomic E-state index is 11.1. The molecule has 0 aliphatic rings. The van der Waals surface area contributed by atoms with Crippen LogP contribution in [-0.4, -0.2) is 45.8 Å². The van der Waals surface area contributed by atoms with Gasteiger partial charge in [-0.2, -0.15) is 0 Å². The van der Waals surface area contributed by atoms with Crippen LogP contribution in [0.2, 0.25) is 0 Å². The molecule has 1 amide bonds. The Bertz CT molecular complexity index is 1010. The van der Waals surface area contributed by atoms with E-state index in [1.807, 2.05) is 57.2 Å². The molecule has 0 bridgehead atoms. The number of fused-ring (bicyclic) bond motifs is 1. The SMILES string of the molecule is CC(=O)NCCNc1nc(-c2ccccc2)nc2[nH]c(/C=N/OC(C)(C)C)cc12. The molecule has 1 aromatic carbocycles. The number of nitrogens with one attached hydrogen (secondary N) is 3. The fraction of sp³-hybridized carbons (Fsp3) is 0.333. The Balaban J connectivity index is 1.92. The fourth-order valence-electron chi connectivity index (χ4n) is 2.61. The molecule has 0 atom stereocenters. The van der Waals surface area contributed by atoms with E-state index in [4.69, 9.17) is 9.82 Å². The molecular weight excluding hydrogens is 368 g/mol. The van der Waals surface area contributed by atoms with Gasteiger partial charge in [-0.05, 0) is 26.8 Å². The topological polar surface area (TPSA) is 104 Å². The van der Waals surface area contributed by atoms with Gasteiger partial charge in [-0.15, -0.1) is 0 Å². The van der Waals surface area contributed by atoms with Gasteiger partial charge in [0.25, 0.3) is 0 Å². The molecule has 0 aliphatic heterocycles. The van der Waals surface area contributed by atoms with Gasteiger partial charge in [0.05, 0.1) is 17.3 Å². The predicted molar refractivity (Wildman–Crippen MR) is 115 cm³/mol. The molecule has 3 N–H and O–H groups in total. The number of aromatic amines is 1. The first-order chi connectivity index (χ1) is 13.8. The normalized spacial score (nSPS) is 11.7. The van der Waals surface area contributed by atoms with Gasteiger partial charge in [0, 0.05) is 25.6 Å². The van der Waals surface area contributed by atoms with Crippen molar-refractivity contribution in [3.05, 3.63) is 42.1 Å². The van der Waals surface area contributed by atoms with Crippen LogP contribution in [0.5, 0.6) is 0 Å². The first-order valence-corrected chi connectivity index (χ1v) is 9.48. The molecule has 8 heteroatoms. The molecule has 0 spiro atoms. The predicted octanol–water partition coefficient (Wildman–Crippen LogP) is 3.32. The average Bonchev–Trinajstić information content (AvgIpc) is 3.07. The summed E-state index contributed by atoms with van der Waals surface area (Å²) in [7, 11) is 0. The summed E-state index contributed by atoms with van der Waals surface area (Å²) in [6.45, 7) is 8.34. The molecule has 29 heavy (non-hydrogen) atoms. The van der Waals surface area contributed by atoms with Crippen molar-refractivity contribution in [2.24, 2.45) is 5.16 Å². The van der Waals surface area contributed by atoms with E-state index in [1.165, 1.54) is 6.92 Å². The molecule has 0 saturated carbocycles. The van der Waals surface area contributed by atoms with Crippen molar-refractivity contribution in [3.63, 3.8) is 0 Å². The van der Waals surface area contributed by atoms with Gasteiger partial charge in [0.2, 0.25) is 5.91 Å². The largest absolute Gasteiger partial charge is 0.390 e. The molecule has 0 unspecified atom stereocenters. The Morgan fingerprint density at radius 1 is 1.21 bits per heavy atom. The summed E-state index contributed by atoms with van der Waals surface area (Å²) in [6, 6.07) is 11.7. The van der Waals surface area contributed by atoms with Crippen LogP contribution in [-0.2, 0) is 9.63 Å². The van der Waals surface area contributed by atoms with Crippen LogP contribution in [0.25, 0.3) is 22.4 Å². The summed E-state index contributed by atoms with van der Waals surface area (Å²) in [5.74, 6) is 1.23. The van der Waals surface area contributed by atoms with E-state index in [1.54, 1.807) is 6.21 Å². The second-order valence-electron chi connectivity index (χ2n) is 7.60. The molecule has 0 saturated heterocycles. The quantitative estimate of drug-likeness (QED) is 0.324. The summed E-state index contributed by atoms with van der Waals surface area (Å²) in [5.41, 5.74) is 2.01. The third kappa shape index (κ3) is 5.78. The van der Waals surface area contributed by atoms with E-state index in [-0.39, 0.29) is 11.5 Å². The Morgan fingerprint density at radius 2 is 1.97 bits per heavy atom. The summed E-state index contributed by atoms with van der Waals surface area (Å²) < 4.78 is 0. The summed E-state index contributed by atoms with van der Waals surface area (Å²) in [6.07, 6.45) is 1.62. The zero-order valence-electron chi connectivity index (χ0n) is 17.1. The number of hydrogen-bond acceptors (Lipinski definition) is 6. The highest BCUT2D eigenvalue weighted by atomic mass is 16.6. The molecule has 152 valence electrons. The third-order valence-electron chi connectivity index (χ3n) is 3.85. The smallest absolute Gasteiger partial charge is 0.216 e. The van der Waals surface area contributed by atoms with Crippen molar-refractivity contribution in [3.8, 4) is 11.4 Å². The van der Waals surface area contributed by atoms with Crippen molar-refractivity contribution in [1.29, 1.82) is 0 Å². The Labute approximate surface area is 169 Å². The number of aromatic nitrogens is 3. The number of H-pyrrole nitrogens is 1. The number of carbonyl (C=O) groups is 1. The minimum Gasteiger partial charge on any atom is -0.390 e. The second-order valence-corrected chi connectivity index (χ2v) is 7.60. The van der Waals surface area contributed by atoms with Crippen LogP contribution < -0.4 is 10.6 Å². The monoisotopic (exact) mass is 394 g/mol. The fourth-order valence-corrected chi connectivity index (χ4v) is 2.61. The molecule has 2 aromatic heterocycles. The lowest BCUT2D eigenvalue weighted by molar-refractivity contribution is -0.118. The lowest BCUT2D eigenvalue weighted by atomic mass is 10.2. The van der Waals surface area contributed by atoms with Crippen LogP contribution in [0.15, 0.2) is 41.6 Å². The van der Waals surface area contributed by atoms with Gasteiger partial charge in [0.1, 0.15) is 17.1 Å². The number of amides is 1. The highest BCUT2D eigenvalue weighted by Crippen LogP contribution is 2.25. The maximum absolute atomic E-state index is 11.1. The first kappa shape index (κ1) is 20.3. The number of nitrogens with zero attached hydrogens (tertiary/aromatic N) is 3. The average molecular weight is 394 g/mol. The lowest BCUT2D eigenvalue weighted by Crippen LogP contribution is -2.26. The Hall–Kier alpha value is -3.42. The number of rotatable bonds is 7. The maximum Gasteiger partial charge on any atom is 0.216 e. The number of hydrogen-bond donors (Lipinski definition) is 3. The zero-order chi connectivity index (χ0) is 20.9. The number of anilines is 1. The minimum absolute atomic E-state index is 0.0661. The Morgan fingerprint density at radius 3 is 2.66 bits per heavy atom. The van der Waals surface area contributed by atoms with Gasteiger partial charge < -0.3 is 20.5 Å². The first-order valence-electron chi connectivity index (χ1n) is 9.48. The van der Waals surface area contributed by atoms with E-state index >= 15 is 0 Å². The number of carbonyl (C=O) groups excluding carboxylic acids is 1. The summed E-state index contributed by atoms with van der Waals surface area (Å²) in [5, 5.41) is 10.9. The molecule has 3 rings (SSSR count). The van der Waals surface area contributed by atoms with Gasteiger partial charge in [-0.25, -0.2) is 9.97 Å². The standard InChI is InChI=1S/C21H26N6O2/c1-14(28)22-10-11-23-19-17-12-16(13-24-29-21(2,3)4)25-20(17)27-18(26-19)15-8-6-5-7-9-15/h5-9,12-13H,10-11H2,1-4H3,(H,22,28)(H2,23,25,26,27)/b24-13+. The van der Waals surface area contributed by atoms with E-state index in [0.29, 0.717) is 30.4 Å². The van der Waals surface area contributed by atoms with E-state index in [2.05, 4.69) is 25.8 Å². The van der Waals surface area contributed by atoms with Gasteiger partial charge in [-0.1, -0.05) is 35.5 Å². The zero-order valence-corrected chi connectivity index (χ0v) is 17.1. The van der Waals surface area contributed by atoms with Crippen LogP contribution in [0.3, 0.4) is 0 Å². The number of benzene rings is 1. The van der Waals surface area contributed by atoms with Crippen LogP contribution in [0.4, 0.5) is 5.82 Å². The van der Waals surface area contributed by atoms with Crippen molar-refractivity contribution >= 4 is 29.0 Å². The molecule has 8 nitrogen and oxygen atoms in total. The summed E-state index contributed by atoms with van der Waals surface area (Å²) >= 11 is 0. The summed E-state index contributed by atoms with van der Waals surface area (Å²) in [4.78, 5) is 29.1. The van der Waals surface area contributed by atoms with Gasteiger partial charge in [-0.3, -0.25) is 4.79 Å². The second kappa shape index (κ2) is 8.72. The highest BCUT2D eigenvalue weighted by molar-refractivity contribution is 5.94. The molecular formula is C21H26N6O2. The lowest BCUT2D eigenvalue weighted by Gasteiger charge is -2.14. The van der Waals surface area contributed by atoms with E-state index in [0.717, 1.165) is 16.6 Å². The van der Waals surface area contributed by atoms with Crippen molar-refractivity contribution in [2.75, 3.05) is 18.4 Å². The third-order valence-corrected chi connectivity index (χ3v) is 3.85. The van der Waals surface area contributed by atoms with Crippen LogP contribution in [0.1, 0.15) is 33.4 Å². The minimum atomic E-state index is -0.362. The van der Waals surface area contributed by atoms with Crippen molar-refractivity contribution in [2.45, 2.75) is 33.3 Å². The van der Waals surface area contributed by atoms with Gasteiger partial charge in [0.15, 0.2) is 5.82 Å². The Kier molecular flexibility index (Phi) is 6.11. The van der Waals surface area contributed by atoms with E-state index < -0.39 is 0 Å². The van der Waals surface area contributed by atoms with Crippen molar-refractivity contribution in [1.82, 2.24) is 20.3 Å². The number of oxime groups is 1. The molecule has 0 fully saturated rings. The molecule has 0 radical (unpaired) electrons. The van der Waals surface area contributed by atoms with Gasteiger partial charge >= 0.3 is 0 Å². The van der Waals surface area contributed by atoms with E-state index in [9.17, 15) is 4.79 Å². The highest BCUT2D eigenvalue weighted by Gasteiger charge is 2.13. The molecule has 0 aliphatic carbocycles. The van der Waals surface area contributed by atoms with Crippen LogP contribution >= 0.6 is 0 Å².